The molecule has 0 saturated carbocycles. The maximum Gasteiger partial charge on any atom is 0.416 e. The molecule has 41 heavy (non-hydrogen) atoms. The number of hydrogen-bond acceptors (Lipinski definition) is 6. The van der Waals surface area contributed by atoms with Crippen LogP contribution in [0.1, 0.15) is 22.7 Å². The molecule has 212 valence electrons. The van der Waals surface area contributed by atoms with Crippen molar-refractivity contribution in [1.29, 1.82) is 0 Å². The number of carbonyl (C=O) groups is 2. The molecular weight excluding hydrogens is 563 g/mol. The molecule has 1 aliphatic heterocycles. The summed E-state index contributed by atoms with van der Waals surface area (Å²) in [6.45, 7) is -0.548. The van der Waals surface area contributed by atoms with Gasteiger partial charge in [-0.3, -0.25) is 14.2 Å². The van der Waals surface area contributed by atoms with Gasteiger partial charge in [0.2, 0.25) is 6.41 Å². The first-order valence-corrected chi connectivity index (χ1v) is 13.7. The average molecular weight is 586 g/mol. The van der Waals surface area contributed by atoms with Crippen molar-refractivity contribution in [3.8, 4) is 11.1 Å². The third kappa shape index (κ3) is 4.98. The smallest absolute Gasteiger partial charge is 0.416 e. The van der Waals surface area contributed by atoms with Gasteiger partial charge >= 0.3 is 12.1 Å². The first-order chi connectivity index (χ1) is 19.5. The maximum absolute atomic E-state index is 13.9. The van der Waals surface area contributed by atoms with Gasteiger partial charge in [0.15, 0.2) is 5.03 Å². The number of benzene rings is 3. The van der Waals surface area contributed by atoms with Crippen LogP contribution >= 0.6 is 0 Å². The van der Waals surface area contributed by atoms with Gasteiger partial charge in [-0.25, -0.2) is 17.9 Å². The molecule has 0 spiro atoms. The summed E-state index contributed by atoms with van der Waals surface area (Å²) in [4.78, 5) is 38.2. The third-order valence-corrected chi connectivity index (χ3v) is 8.36. The van der Waals surface area contributed by atoms with Gasteiger partial charge in [0.1, 0.15) is 11.7 Å². The van der Waals surface area contributed by atoms with E-state index in [0.717, 1.165) is 36.1 Å². The van der Waals surface area contributed by atoms with E-state index in [9.17, 15) is 36.0 Å². The number of sulfonamides is 1. The van der Waals surface area contributed by atoms with E-state index in [4.69, 9.17) is 4.74 Å². The fourth-order valence-corrected chi connectivity index (χ4v) is 6.60. The molecule has 1 atom stereocenters. The Hall–Kier alpha value is -4.49. The zero-order valence-electron chi connectivity index (χ0n) is 21.4. The Bertz CT molecular complexity index is 1860. The number of fused-ring (bicyclic) bond motifs is 2. The van der Waals surface area contributed by atoms with Gasteiger partial charge in [-0.15, -0.1) is 0 Å². The van der Waals surface area contributed by atoms with Gasteiger partial charge < -0.3 is 10.1 Å². The number of pyridine rings is 1. The molecule has 2 heterocycles. The van der Waals surface area contributed by atoms with Crippen molar-refractivity contribution in [2.75, 3.05) is 19.0 Å². The number of nitrogens with one attached hydrogen (secondary N) is 2. The molecule has 1 aromatic heterocycles. The summed E-state index contributed by atoms with van der Waals surface area (Å²) in [6.07, 6.45) is -4.72. The summed E-state index contributed by atoms with van der Waals surface area (Å²) in [5.74, 6) is -0.968. The molecule has 13 heteroatoms. The number of aromatic nitrogens is 1. The molecule has 0 saturated heterocycles. The highest BCUT2D eigenvalue weighted by Crippen LogP contribution is 2.40. The van der Waals surface area contributed by atoms with Crippen LogP contribution in [0.25, 0.3) is 21.9 Å². The number of amides is 1. The number of halogens is 3. The largest absolute Gasteiger partial charge is 0.467 e. The molecule has 0 fully saturated rings. The van der Waals surface area contributed by atoms with E-state index in [1.54, 1.807) is 24.3 Å². The van der Waals surface area contributed by atoms with E-state index in [1.807, 2.05) is 18.2 Å². The van der Waals surface area contributed by atoms with E-state index in [2.05, 4.69) is 10.0 Å². The van der Waals surface area contributed by atoms with Gasteiger partial charge in [-0.05, 0) is 39.6 Å². The summed E-state index contributed by atoms with van der Waals surface area (Å²) in [6, 6.07) is 15.0. The number of methoxy groups -OCH3 is 1. The zero-order valence-corrected chi connectivity index (χ0v) is 22.2. The minimum Gasteiger partial charge on any atom is -0.467 e. The number of esters is 1. The van der Waals surface area contributed by atoms with Crippen LogP contribution in [0.15, 0.2) is 76.6 Å². The topological polar surface area (TPSA) is 124 Å². The predicted octanol–water partition coefficient (Wildman–Crippen LogP) is 3.85. The van der Waals surface area contributed by atoms with Crippen molar-refractivity contribution in [1.82, 2.24) is 9.29 Å². The maximum atomic E-state index is 13.9. The fraction of sp³-hybridized carbons (Fsp3) is 0.179. The average Bonchev–Trinajstić information content (AvgIpc) is 2.95. The quantitative estimate of drug-likeness (QED) is 0.262. The van der Waals surface area contributed by atoms with Gasteiger partial charge in [-0.2, -0.15) is 13.2 Å². The number of anilines is 1. The molecule has 2 N–H and O–H groups in total. The van der Waals surface area contributed by atoms with Crippen LogP contribution in [0.5, 0.6) is 0 Å². The summed E-state index contributed by atoms with van der Waals surface area (Å²) < 4.78 is 76.0. The molecule has 0 bridgehead atoms. The standard InChI is InChI=1S/C28H22F3N3O6S/c1-40-27(37)22-14-33-41(38,39)26-23(18-9-5-10-19(12-18)28(29,30)31)21(24(32-15-35)25(36)34(22)26)13-17-8-4-7-16-6-2-3-11-20(16)17/h2-12,15,22,33H,13-14H2,1H3,(H,32,35). The van der Waals surface area contributed by atoms with Crippen LogP contribution in [-0.2, 0) is 36.9 Å². The molecule has 0 aliphatic carbocycles. The third-order valence-electron chi connectivity index (χ3n) is 6.90. The van der Waals surface area contributed by atoms with E-state index < -0.39 is 50.9 Å². The Kier molecular flexibility index (Phi) is 7.17. The number of ether oxygens (including phenoxy) is 1. The van der Waals surface area contributed by atoms with Gasteiger partial charge in [0.05, 0.1) is 12.7 Å². The van der Waals surface area contributed by atoms with E-state index in [0.29, 0.717) is 10.1 Å². The Labute approximate surface area is 231 Å². The fourth-order valence-electron chi connectivity index (χ4n) is 5.11. The van der Waals surface area contributed by atoms with Crippen LogP contribution in [0.3, 0.4) is 0 Å². The molecule has 5 rings (SSSR count). The van der Waals surface area contributed by atoms with Crippen molar-refractivity contribution in [2.45, 2.75) is 23.7 Å². The number of nitrogens with zero attached hydrogens (tertiary/aromatic N) is 1. The van der Waals surface area contributed by atoms with E-state index >= 15 is 0 Å². The predicted molar refractivity (Wildman–Crippen MR) is 144 cm³/mol. The second-order valence-electron chi connectivity index (χ2n) is 9.26. The van der Waals surface area contributed by atoms with Crippen molar-refractivity contribution in [2.24, 2.45) is 0 Å². The second-order valence-corrected chi connectivity index (χ2v) is 10.9. The van der Waals surface area contributed by atoms with Crippen molar-refractivity contribution >= 4 is 38.9 Å². The minimum absolute atomic E-state index is 0.0417. The normalized spacial score (nSPS) is 16.1. The molecule has 9 nitrogen and oxygen atoms in total. The number of rotatable bonds is 6. The van der Waals surface area contributed by atoms with E-state index in [1.165, 1.54) is 6.07 Å². The lowest BCUT2D eigenvalue weighted by atomic mass is 9.91. The Balaban J connectivity index is 1.95. The molecule has 3 aromatic carbocycles. The van der Waals surface area contributed by atoms with Crippen LogP contribution < -0.4 is 15.6 Å². The molecule has 0 radical (unpaired) electrons. The lowest BCUT2D eigenvalue weighted by molar-refractivity contribution is -0.144. The molecule has 4 aromatic rings. The lowest BCUT2D eigenvalue weighted by Gasteiger charge is -2.31. The van der Waals surface area contributed by atoms with Gasteiger partial charge in [-0.1, -0.05) is 54.6 Å². The highest BCUT2D eigenvalue weighted by molar-refractivity contribution is 7.89. The first kappa shape index (κ1) is 28.1. The molecule has 1 unspecified atom stereocenters. The highest BCUT2D eigenvalue weighted by atomic mass is 32.2. The Morgan fingerprint density at radius 3 is 2.54 bits per heavy atom. The number of alkyl halides is 3. The van der Waals surface area contributed by atoms with Crippen LogP contribution in [-0.4, -0.2) is 39.0 Å². The van der Waals surface area contributed by atoms with Gasteiger partial charge in [0, 0.05) is 18.5 Å². The zero-order chi connectivity index (χ0) is 29.5. The molecule has 1 aliphatic rings. The van der Waals surface area contributed by atoms with E-state index in [-0.39, 0.29) is 35.2 Å². The Morgan fingerprint density at radius 2 is 1.83 bits per heavy atom. The highest BCUT2D eigenvalue weighted by Gasteiger charge is 2.41. The summed E-state index contributed by atoms with van der Waals surface area (Å²) in [5, 5.41) is 3.17. The van der Waals surface area contributed by atoms with Crippen molar-refractivity contribution < 1.29 is 35.9 Å². The van der Waals surface area contributed by atoms with Crippen LogP contribution in [0.4, 0.5) is 18.9 Å². The first-order valence-electron chi connectivity index (χ1n) is 12.2. The van der Waals surface area contributed by atoms with Gasteiger partial charge in [0.25, 0.3) is 15.6 Å². The van der Waals surface area contributed by atoms with Crippen molar-refractivity contribution in [3.63, 3.8) is 0 Å². The SMILES string of the molecule is COC(=O)C1CNS(=O)(=O)c2c(-c3cccc(C(F)(F)F)c3)c(Cc3cccc4ccccc34)c(NC=O)c(=O)n21. The van der Waals surface area contributed by atoms with Crippen LogP contribution in [0.2, 0.25) is 0 Å². The number of hydrogen-bond donors (Lipinski definition) is 2. The second kappa shape index (κ2) is 10.5. The lowest BCUT2D eigenvalue weighted by Crippen LogP contribution is -2.48. The molecular formula is C28H22F3N3O6S. The monoisotopic (exact) mass is 585 g/mol. The molecule has 1 amide bonds. The Morgan fingerprint density at radius 1 is 1.12 bits per heavy atom. The number of carbonyl (C=O) groups excluding carboxylic acids is 2. The van der Waals surface area contributed by atoms with Crippen molar-refractivity contribution in [3.05, 3.63) is 93.8 Å². The summed E-state index contributed by atoms with van der Waals surface area (Å²) in [5.41, 5.74) is -2.36. The van der Waals surface area contributed by atoms with Crippen LogP contribution in [0, 0.1) is 0 Å². The summed E-state index contributed by atoms with van der Waals surface area (Å²) >= 11 is 0. The minimum atomic E-state index is -4.77. The summed E-state index contributed by atoms with van der Waals surface area (Å²) in [7, 11) is -3.50.